The molecule has 0 unspecified atom stereocenters. The Balaban J connectivity index is 0. The normalized spacial score (nSPS) is 8.00. The maximum absolute atomic E-state index is 2.20. The first-order valence-corrected chi connectivity index (χ1v) is 5.55. The molecule has 2 rings (SSSR count). The number of rotatable bonds is 2. The van der Waals surface area contributed by atoms with Crippen molar-refractivity contribution in [2.45, 2.75) is 0 Å². The maximum atomic E-state index is 2.20. The van der Waals surface area contributed by atoms with E-state index in [1.54, 1.807) is 0 Å². The van der Waals surface area contributed by atoms with E-state index in [9.17, 15) is 0 Å². The van der Waals surface area contributed by atoms with Crippen LogP contribution in [0.1, 0.15) is 0 Å². The van der Waals surface area contributed by atoms with Gasteiger partial charge in [-0.3, -0.25) is 0 Å². The van der Waals surface area contributed by atoms with E-state index in [-0.39, 0.29) is 60.5 Å². The molecule has 0 N–H and O–H groups in total. The molecule has 0 atom stereocenters. The van der Waals surface area contributed by atoms with Gasteiger partial charge in [-0.05, 0) is 0 Å². The van der Waals surface area contributed by atoms with Gasteiger partial charge < -0.3 is 24.8 Å². The topological polar surface area (TPSA) is 0 Å². The molecule has 0 saturated heterocycles. The third kappa shape index (κ3) is 6.00. The van der Waals surface area contributed by atoms with Crippen LogP contribution in [0, 0.1) is 0 Å². The molecule has 0 spiro atoms. The van der Waals surface area contributed by atoms with Gasteiger partial charge in [0.2, 0.25) is 0 Å². The van der Waals surface area contributed by atoms with Crippen LogP contribution in [0.15, 0.2) is 60.7 Å². The molecule has 0 aliphatic carbocycles. The smallest absolute Gasteiger partial charge is 1.00 e. The maximum Gasteiger partial charge on any atom is 2.00 e. The van der Waals surface area contributed by atoms with Gasteiger partial charge in [-0.15, -0.1) is 0 Å². The fourth-order valence-corrected chi connectivity index (χ4v) is 2.51. The Morgan fingerprint density at radius 2 is 0.875 bits per heavy atom. The summed E-state index contributed by atoms with van der Waals surface area (Å²) in [7, 11) is 0.271. The third-order valence-corrected chi connectivity index (χ3v) is 3.37. The molecule has 4 heteroatoms. The molecule has 0 fully saturated rings. The van der Waals surface area contributed by atoms with Gasteiger partial charge in [0.25, 0.3) is 0 Å². The van der Waals surface area contributed by atoms with Crippen molar-refractivity contribution >= 4 is 19.9 Å². The number of hydrogen-bond acceptors (Lipinski definition) is 0. The van der Waals surface area contributed by atoms with E-state index in [1.807, 2.05) is 0 Å². The first-order valence-electron chi connectivity index (χ1n) is 4.40. The summed E-state index contributed by atoms with van der Waals surface area (Å²) >= 11 is 0. The van der Waals surface area contributed by atoms with Crippen LogP contribution in [-0.2, 0) is 26.2 Å². The summed E-state index contributed by atoms with van der Waals surface area (Å²) in [5, 5.41) is 2.90. The molecule has 0 nitrogen and oxygen atoms in total. The van der Waals surface area contributed by atoms with Crippen molar-refractivity contribution < 1.29 is 51.0 Å². The van der Waals surface area contributed by atoms with Crippen LogP contribution in [-0.4, -0.2) is 9.52 Å². The molecule has 0 aliphatic heterocycles. The Labute approximate surface area is 131 Å². The average molecular weight is 345 g/mol. The molecule has 1 radical (unpaired) electrons. The van der Waals surface area contributed by atoms with Crippen molar-refractivity contribution in [3.05, 3.63) is 60.7 Å². The molecular formula is C12H11Cl2SiZr. The molecular weight excluding hydrogens is 334 g/mol. The van der Waals surface area contributed by atoms with Crippen molar-refractivity contribution in [3.8, 4) is 0 Å². The van der Waals surface area contributed by atoms with Gasteiger partial charge in [0, 0.05) is 0 Å². The van der Waals surface area contributed by atoms with Crippen molar-refractivity contribution in [2.75, 3.05) is 0 Å². The van der Waals surface area contributed by atoms with Crippen LogP contribution in [0.5, 0.6) is 0 Å². The molecule has 81 valence electrons. The van der Waals surface area contributed by atoms with Crippen LogP contribution < -0.4 is 35.2 Å². The fraction of sp³-hybridized carbons (Fsp3) is 0. The van der Waals surface area contributed by atoms with Gasteiger partial charge in [-0.25, -0.2) is 0 Å². The summed E-state index contributed by atoms with van der Waals surface area (Å²) in [6.45, 7) is 0. The zero-order valence-electron chi connectivity index (χ0n) is 8.61. The summed E-state index contributed by atoms with van der Waals surface area (Å²) < 4.78 is 0. The molecule has 0 saturated carbocycles. The second kappa shape index (κ2) is 10.3. The van der Waals surface area contributed by atoms with Crippen LogP contribution >= 0.6 is 0 Å². The van der Waals surface area contributed by atoms with Gasteiger partial charge in [0.15, 0.2) is 0 Å². The Hall–Kier alpha value is 0.120. The molecule has 0 aromatic heterocycles. The van der Waals surface area contributed by atoms with E-state index in [2.05, 4.69) is 60.7 Å². The van der Waals surface area contributed by atoms with Crippen molar-refractivity contribution in [1.82, 2.24) is 0 Å². The third-order valence-electron chi connectivity index (χ3n) is 1.93. The van der Waals surface area contributed by atoms with Gasteiger partial charge in [0.1, 0.15) is 9.52 Å². The first-order chi connectivity index (χ1) is 6.45. The Bertz CT molecular complexity index is 330. The molecule has 0 heterocycles. The van der Waals surface area contributed by atoms with E-state index >= 15 is 0 Å². The number of benzene rings is 2. The van der Waals surface area contributed by atoms with E-state index in [4.69, 9.17) is 0 Å². The average Bonchev–Trinajstić information content (AvgIpc) is 2.21. The van der Waals surface area contributed by atoms with Gasteiger partial charge >= 0.3 is 26.2 Å². The number of halogens is 2. The van der Waals surface area contributed by atoms with Crippen molar-refractivity contribution in [3.63, 3.8) is 0 Å². The zero-order chi connectivity index (χ0) is 8.93. The van der Waals surface area contributed by atoms with Gasteiger partial charge in [-0.2, -0.15) is 0 Å². The monoisotopic (exact) mass is 343 g/mol. The second-order valence-corrected chi connectivity index (χ2v) is 4.59. The van der Waals surface area contributed by atoms with Gasteiger partial charge in [-0.1, -0.05) is 71.0 Å². The minimum Gasteiger partial charge on any atom is -1.00 e. The second-order valence-electron chi connectivity index (χ2n) is 2.97. The summed E-state index contributed by atoms with van der Waals surface area (Å²) in [6.07, 6.45) is 0. The minimum atomic E-state index is 0. The van der Waals surface area contributed by atoms with E-state index in [0.29, 0.717) is 0 Å². The summed E-state index contributed by atoms with van der Waals surface area (Å²) in [6, 6.07) is 21.3. The zero-order valence-corrected chi connectivity index (χ0v) is 13.7. The summed E-state index contributed by atoms with van der Waals surface area (Å²) in [5.41, 5.74) is 0. The SMILES string of the molecule is [Cl-].[Cl-].[Zr+2].c1ccc([SiH]c2ccccc2)cc1. The van der Waals surface area contributed by atoms with Crippen LogP contribution in [0.25, 0.3) is 0 Å². The van der Waals surface area contributed by atoms with E-state index in [0.717, 1.165) is 0 Å². The summed E-state index contributed by atoms with van der Waals surface area (Å²) in [5.74, 6) is 0. The molecule has 16 heavy (non-hydrogen) atoms. The molecule has 2 aromatic carbocycles. The minimum absolute atomic E-state index is 0. The van der Waals surface area contributed by atoms with Crippen molar-refractivity contribution in [1.29, 1.82) is 0 Å². The summed E-state index contributed by atoms with van der Waals surface area (Å²) in [4.78, 5) is 0. The Kier molecular flexibility index (Phi) is 11.9. The number of hydrogen-bond donors (Lipinski definition) is 0. The first kappa shape index (κ1) is 18.5. The molecule has 2 aromatic rings. The fourth-order valence-electron chi connectivity index (χ4n) is 1.29. The Morgan fingerprint density at radius 3 is 1.19 bits per heavy atom. The predicted octanol–water partition coefficient (Wildman–Crippen LogP) is -4.92. The molecule has 0 aliphatic rings. The van der Waals surface area contributed by atoms with E-state index in [1.165, 1.54) is 10.4 Å². The quantitative estimate of drug-likeness (QED) is 0.479. The standard InChI is InChI=1S/C12H11Si.2ClH.Zr/c1-3-7-11(8-4-1)13-12-9-5-2-6-10-12;;;/h1-10,13H;2*1H;/q;;;+2/p-2. The largest absolute Gasteiger partial charge is 2.00 e. The Morgan fingerprint density at radius 1 is 0.562 bits per heavy atom. The van der Waals surface area contributed by atoms with E-state index < -0.39 is 0 Å². The van der Waals surface area contributed by atoms with Crippen molar-refractivity contribution in [2.24, 2.45) is 0 Å². The molecule has 0 amide bonds. The van der Waals surface area contributed by atoms with Gasteiger partial charge in [0.05, 0.1) is 0 Å². The van der Waals surface area contributed by atoms with Crippen LogP contribution in [0.4, 0.5) is 0 Å². The van der Waals surface area contributed by atoms with Crippen LogP contribution in [0.3, 0.4) is 0 Å². The van der Waals surface area contributed by atoms with Crippen LogP contribution in [0.2, 0.25) is 0 Å². The molecule has 0 bridgehead atoms. The predicted molar refractivity (Wildman–Crippen MR) is 59.3 cm³/mol.